The Labute approximate surface area is 133 Å². The minimum atomic E-state index is -4.12. The van der Waals surface area contributed by atoms with E-state index in [0.717, 1.165) is 5.01 Å². The molecule has 5 nitrogen and oxygen atoms in total. The molecule has 0 spiro atoms. The number of hydrogen-bond donors (Lipinski definition) is 1. The summed E-state index contributed by atoms with van der Waals surface area (Å²) in [4.78, 5) is 11.8. The first-order valence-electron chi connectivity index (χ1n) is 7.68. The molecule has 2 rings (SSSR count). The third kappa shape index (κ3) is 4.84. The number of nitrogens with zero attached hydrogens (tertiary/aromatic N) is 1. The van der Waals surface area contributed by atoms with Crippen LogP contribution in [0.15, 0.2) is 12.3 Å². The van der Waals surface area contributed by atoms with Crippen LogP contribution in [0.4, 0.5) is 18.0 Å². The second-order valence-corrected chi connectivity index (χ2v) is 6.99. The van der Waals surface area contributed by atoms with E-state index in [9.17, 15) is 18.0 Å². The summed E-state index contributed by atoms with van der Waals surface area (Å²) in [5.41, 5.74) is 0.662. The second-order valence-electron chi connectivity index (χ2n) is 6.99. The van der Waals surface area contributed by atoms with Crippen molar-refractivity contribution in [3.05, 3.63) is 12.3 Å². The smallest absolute Gasteiger partial charge is 0.429 e. The summed E-state index contributed by atoms with van der Waals surface area (Å²) in [6.45, 7) is 5.47. The van der Waals surface area contributed by atoms with E-state index in [1.807, 2.05) is 0 Å². The fourth-order valence-electron chi connectivity index (χ4n) is 2.35. The Morgan fingerprint density at radius 2 is 2.00 bits per heavy atom. The number of rotatable bonds is 5. The molecule has 0 bridgehead atoms. The minimum absolute atomic E-state index is 0.0860. The molecule has 1 unspecified atom stereocenters. The molecule has 1 N–H and O–H groups in total. The van der Waals surface area contributed by atoms with Crippen LogP contribution < -0.4 is 5.43 Å². The van der Waals surface area contributed by atoms with Gasteiger partial charge in [0.1, 0.15) is 11.8 Å². The van der Waals surface area contributed by atoms with Crippen molar-refractivity contribution in [2.75, 3.05) is 6.61 Å². The number of ether oxygens (including phenoxy) is 2. The summed E-state index contributed by atoms with van der Waals surface area (Å²) in [5.74, 6) is 0. The molecular formula is C15H23F3N2O3. The molecule has 8 heteroatoms. The number of alkyl halides is 3. The summed E-state index contributed by atoms with van der Waals surface area (Å²) >= 11 is 0. The van der Waals surface area contributed by atoms with E-state index >= 15 is 0 Å². The van der Waals surface area contributed by atoms with Crippen LogP contribution in [0.5, 0.6) is 0 Å². The molecule has 1 aliphatic carbocycles. The predicted molar refractivity (Wildman–Crippen MR) is 77.0 cm³/mol. The molecule has 0 aromatic heterocycles. The van der Waals surface area contributed by atoms with Crippen LogP contribution in [-0.2, 0) is 9.47 Å². The average molecular weight is 336 g/mol. The first kappa shape index (κ1) is 18.1. The second kappa shape index (κ2) is 6.32. The molecule has 0 saturated heterocycles. The van der Waals surface area contributed by atoms with Gasteiger partial charge in [-0.3, -0.25) is 0 Å². The lowest BCUT2D eigenvalue weighted by molar-refractivity contribution is -0.189. The zero-order chi connectivity index (χ0) is 17.3. The summed E-state index contributed by atoms with van der Waals surface area (Å²) in [5, 5.41) is 1.16. The molecule has 23 heavy (non-hydrogen) atoms. The standard InChI is InChI=1S/C15H23F3N2O3/c1-13(2,3)23-12(21)20-9-5-11(19-20)22-10-4-6-14(7-8-14)15(16,17)18/h5,9,11,19H,4,6-8,10H2,1-3H3. The van der Waals surface area contributed by atoms with Crippen molar-refractivity contribution >= 4 is 6.09 Å². The maximum absolute atomic E-state index is 12.8. The highest BCUT2D eigenvalue weighted by molar-refractivity contribution is 5.69. The van der Waals surface area contributed by atoms with Gasteiger partial charge in [-0.05, 0) is 52.5 Å². The first-order valence-corrected chi connectivity index (χ1v) is 7.68. The summed E-state index contributed by atoms with van der Waals surface area (Å²) in [6.07, 6.45) is -1.28. The number of carbonyl (C=O) groups is 1. The van der Waals surface area contributed by atoms with Crippen LogP contribution >= 0.6 is 0 Å². The van der Waals surface area contributed by atoms with Crippen LogP contribution in [0.2, 0.25) is 0 Å². The highest BCUT2D eigenvalue weighted by Crippen LogP contribution is 2.60. The lowest BCUT2D eigenvalue weighted by atomic mass is 10.00. The number of halogens is 3. The molecule has 1 saturated carbocycles. The van der Waals surface area contributed by atoms with Gasteiger partial charge in [-0.2, -0.15) is 18.6 Å². The van der Waals surface area contributed by atoms with Crippen molar-refractivity contribution in [3.8, 4) is 0 Å². The maximum atomic E-state index is 12.8. The van der Waals surface area contributed by atoms with Crippen molar-refractivity contribution in [1.29, 1.82) is 0 Å². The number of carbonyl (C=O) groups excluding carboxylic acids is 1. The van der Waals surface area contributed by atoms with Crippen LogP contribution in [0.3, 0.4) is 0 Å². The Bertz CT molecular complexity index is 468. The van der Waals surface area contributed by atoms with Crippen molar-refractivity contribution in [2.24, 2.45) is 5.41 Å². The third-order valence-electron chi connectivity index (χ3n) is 3.82. The lowest BCUT2D eigenvalue weighted by Gasteiger charge is -2.24. The topological polar surface area (TPSA) is 50.8 Å². The molecule has 1 amide bonds. The number of hydrogen-bond acceptors (Lipinski definition) is 4. The van der Waals surface area contributed by atoms with Crippen LogP contribution in [0, 0.1) is 5.41 Å². The van der Waals surface area contributed by atoms with Gasteiger partial charge < -0.3 is 9.47 Å². The molecule has 0 aromatic rings. The third-order valence-corrected chi connectivity index (χ3v) is 3.82. The minimum Gasteiger partial charge on any atom is -0.442 e. The molecule has 0 aromatic carbocycles. The molecular weight excluding hydrogens is 313 g/mol. The number of hydrazine groups is 1. The van der Waals surface area contributed by atoms with Gasteiger partial charge in [-0.1, -0.05) is 0 Å². The fraction of sp³-hybridized carbons (Fsp3) is 0.800. The van der Waals surface area contributed by atoms with Gasteiger partial charge in [0.25, 0.3) is 0 Å². The molecule has 2 aliphatic rings. The molecule has 1 aliphatic heterocycles. The summed E-state index contributed by atoms with van der Waals surface area (Å²) in [6, 6.07) is 0. The van der Waals surface area contributed by atoms with E-state index in [4.69, 9.17) is 9.47 Å². The highest BCUT2D eigenvalue weighted by Gasteiger charge is 2.62. The van der Waals surface area contributed by atoms with Crippen molar-refractivity contribution < 1.29 is 27.4 Å². The van der Waals surface area contributed by atoms with E-state index in [0.29, 0.717) is 6.42 Å². The lowest BCUT2D eigenvalue weighted by Crippen LogP contribution is -2.43. The van der Waals surface area contributed by atoms with Crippen LogP contribution in [0.25, 0.3) is 0 Å². The Morgan fingerprint density at radius 3 is 2.52 bits per heavy atom. The van der Waals surface area contributed by atoms with Gasteiger partial charge in [0.2, 0.25) is 0 Å². The van der Waals surface area contributed by atoms with Gasteiger partial charge in [-0.15, -0.1) is 0 Å². The number of amides is 1. The Morgan fingerprint density at radius 1 is 1.35 bits per heavy atom. The predicted octanol–water partition coefficient (Wildman–Crippen LogP) is 3.72. The molecule has 1 heterocycles. The largest absolute Gasteiger partial charge is 0.442 e. The van der Waals surface area contributed by atoms with Crippen LogP contribution in [-0.4, -0.2) is 35.7 Å². The molecule has 1 atom stereocenters. The molecule has 132 valence electrons. The zero-order valence-electron chi connectivity index (χ0n) is 13.6. The van der Waals surface area contributed by atoms with Crippen LogP contribution in [0.1, 0.15) is 46.5 Å². The Balaban J connectivity index is 1.65. The van der Waals surface area contributed by atoms with Crippen molar-refractivity contribution in [2.45, 2.75) is 64.5 Å². The summed E-state index contributed by atoms with van der Waals surface area (Å²) < 4.78 is 48.9. The molecule has 0 radical (unpaired) electrons. The van der Waals surface area contributed by atoms with Gasteiger partial charge in [-0.25, -0.2) is 9.80 Å². The van der Waals surface area contributed by atoms with Gasteiger partial charge in [0, 0.05) is 12.8 Å². The monoisotopic (exact) mass is 336 g/mol. The van der Waals surface area contributed by atoms with E-state index < -0.39 is 29.5 Å². The maximum Gasteiger partial charge on any atom is 0.429 e. The van der Waals surface area contributed by atoms with Crippen molar-refractivity contribution in [3.63, 3.8) is 0 Å². The number of nitrogens with one attached hydrogen (secondary N) is 1. The Kier molecular flexibility index (Phi) is 4.96. The first-order chi connectivity index (χ1) is 10.5. The summed E-state index contributed by atoms with van der Waals surface area (Å²) in [7, 11) is 0. The van der Waals surface area contributed by atoms with Gasteiger partial charge in [0.05, 0.1) is 5.41 Å². The van der Waals surface area contributed by atoms with E-state index in [1.165, 1.54) is 6.20 Å². The van der Waals surface area contributed by atoms with E-state index in [1.54, 1.807) is 26.8 Å². The van der Waals surface area contributed by atoms with Gasteiger partial charge in [0.15, 0.2) is 0 Å². The molecule has 1 fully saturated rings. The Hall–Kier alpha value is -1.28. The SMILES string of the molecule is CC(C)(C)OC(=O)N1C=CC(OCCCC2(C(F)(F)F)CC2)N1. The highest BCUT2D eigenvalue weighted by atomic mass is 19.4. The zero-order valence-corrected chi connectivity index (χ0v) is 13.6. The van der Waals surface area contributed by atoms with Gasteiger partial charge >= 0.3 is 12.3 Å². The van der Waals surface area contributed by atoms with E-state index in [-0.39, 0.29) is 25.9 Å². The van der Waals surface area contributed by atoms with Crippen molar-refractivity contribution in [1.82, 2.24) is 10.4 Å². The fourth-order valence-corrected chi connectivity index (χ4v) is 2.35. The quantitative estimate of drug-likeness (QED) is 0.778. The average Bonchev–Trinajstić information content (AvgIpc) is 3.04. The van der Waals surface area contributed by atoms with E-state index in [2.05, 4.69) is 5.43 Å². The normalized spacial score (nSPS) is 23.2.